The van der Waals surface area contributed by atoms with Gasteiger partial charge in [0.25, 0.3) is 0 Å². The van der Waals surface area contributed by atoms with Crippen LogP contribution in [-0.2, 0) is 22.4 Å². The number of halogens is 1. The first-order valence-electron chi connectivity index (χ1n) is 13.2. The van der Waals surface area contributed by atoms with Crippen molar-refractivity contribution in [3.63, 3.8) is 0 Å². The summed E-state index contributed by atoms with van der Waals surface area (Å²) in [7, 11) is 1.72. The number of rotatable bonds is 12. The zero-order valence-corrected chi connectivity index (χ0v) is 22.8. The van der Waals surface area contributed by atoms with Crippen LogP contribution in [0.15, 0.2) is 60.7 Å². The Balaban J connectivity index is 1.41. The van der Waals surface area contributed by atoms with Gasteiger partial charge in [-0.1, -0.05) is 79.1 Å². The Morgan fingerprint density at radius 1 is 1.08 bits per heavy atom. The summed E-state index contributed by atoms with van der Waals surface area (Å²) in [4.78, 5) is 34.8. The van der Waals surface area contributed by atoms with Gasteiger partial charge in [0.05, 0.1) is 13.0 Å². The standard InChI is InChI=1S/C30H34ClN5O3/c1-36(20-27(37)33-24-11-5-6-12-24)30-25(19-28(38)39)29(31)34-26(35-30)18-22-13-15-23(16-14-22)32-17-7-10-21-8-3-2-4-9-21/h2-4,7-10,13-16,24,32H,5-6,11-12,17-20H2,1H3,(H,33,37)(H,38,39). The van der Waals surface area contributed by atoms with E-state index in [-0.39, 0.29) is 30.1 Å². The molecule has 204 valence electrons. The first kappa shape index (κ1) is 28.1. The maximum Gasteiger partial charge on any atom is 0.308 e. The molecule has 39 heavy (non-hydrogen) atoms. The molecule has 4 rings (SSSR count). The molecule has 1 aliphatic carbocycles. The second-order valence-electron chi connectivity index (χ2n) is 9.78. The van der Waals surface area contributed by atoms with Crippen molar-refractivity contribution < 1.29 is 14.7 Å². The zero-order chi connectivity index (χ0) is 27.6. The Labute approximate surface area is 234 Å². The van der Waals surface area contributed by atoms with E-state index >= 15 is 0 Å². The van der Waals surface area contributed by atoms with Crippen molar-refractivity contribution in [2.75, 3.05) is 30.4 Å². The molecular formula is C30H34ClN5O3. The second kappa shape index (κ2) is 13.8. The van der Waals surface area contributed by atoms with E-state index in [1.54, 1.807) is 11.9 Å². The monoisotopic (exact) mass is 547 g/mol. The molecule has 0 bridgehead atoms. The molecule has 0 atom stereocenters. The Morgan fingerprint density at radius 3 is 2.49 bits per heavy atom. The molecule has 0 unspecified atom stereocenters. The number of anilines is 2. The van der Waals surface area contributed by atoms with Crippen molar-refractivity contribution in [1.29, 1.82) is 0 Å². The third-order valence-electron chi connectivity index (χ3n) is 6.62. The molecule has 3 aromatic rings. The number of benzene rings is 2. The van der Waals surface area contributed by atoms with Crippen LogP contribution in [0.4, 0.5) is 11.5 Å². The van der Waals surface area contributed by atoms with Gasteiger partial charge in [0, 0.05) is 37.3 Å². The van der Waals surface area contributed by atoms with Crippen LogP contribution in [0.1, 0.15) is 48.2 Å². The van der Waals surface area contributed by atoms with Crippen molar-refractivity contribution in [3.05, 3.63) is 88.3 Å². The van der Waals surface area contributed by atoms with E-state index in [9.17, 15) is 14.7 Å². The summed E-state index contributed by atoms with van der Waals surface area (Å²) in [6.07, 6.45) is 8.45. The number of aromatic nitrogens is 2. The number of amides is 1. The van der Waals surface area contributed by atoms with E-state index in [1.807, 2.05) is 42.5 Å². The fourth-order valence-corrected chi connectivity index (χ4v) is 4.93. The number of carbonyl (C=O) groups excluding carboxylic acids is 1. The molecule has 1 saturated carbocycles. The molecule has 0 spiro atoms. The molecule has 0 aliphatic heterocycles. The van der Waals surface area contributed by atoms with E-state index in [0.717, 1.165) is 42.5 Å². The highest BCUT2D eigenvalue weighted by atomic mass is 35.5. The predicted octanol–water partition coefficient (Wildman–Crippen LogP) is 4.97. The van der Waals surface area contributed by atoms with Gasteiger partial charge in [0.2, 0.25) is 5.91 Å². The van der Waals surface area contributed by atoms with E-state index in [1.165, 1.54) is 0 Å². The Hall–Kier alpha value is -3.91. The zero-order valence-electron chi connectivity index (χ0n) is 22.1. The molecular weight excluding hydrogens is 514 g/mol. The van der Waals surface area contributed by atoms with Gasteiger partial charge in [0.15, 0.2) is 0 Å². The normalized spacial score (nSPS) is 13.5. The number of carboxylic acid groups (broad SMARTS) is 1. The van der Waals surface area contributed by atoms with Crippen molar-refractivity contribution in [1.82, 2.24) is 15.3 Å². The summed E-state index contributed by atoms with van der Waals surface area (Å²) in [5.74, 6) is -0.347. The van der Waals surface area contributed by atoms with Crippen molar-refractivity contribution in [2.45, 2.75) is 44.6 Å². The van der Waals surface area contributed by atoms with Crippen molar-refractivity contribution >= 4 is 41.1 Å². The van der Waals surface area contributed by atoms with Crippen LogP contribution in [-0.4, -0.2) is 53.1 Å². The van der Waals surface area contributed by atoms with Gasteiger partial charge < -0.3 is 20.6 Å². The van der Waals surface area contributed by atoms with Crippen LogP contribution in [0, 0.1) is 0 Å². The fourth-order valence-electron chi connectivity index (χ4n) is 4.68. The number of nitrogens with zero attached hydrogens (tertiary/aromatic N) is 3. The average molecular weight is 548 g/mol. The lowest BCUT2D eigenvalue weighted by molar-refractivity contribution is -0.136. The highest BCUT2D eigenvalue weighted by Gasteiger charge is 2.22. The minimum Gasteiger partial charge on any atom is -0.481 e. The number of carboxylic acids is 1. The minimum atomic E-state index is -1.04. The van der Waals surface area contributed by atoms with Crippen LogP contribution >= 0.6 is 11.6 Å². The summed E-state index contributed by atoms with van der Waals surface area (Å²) in [5, 5.41) is 15.9. The fraction of sp³-hybridized carbons (Fsp3) is 0.333. The first-order chi connectivity index (χ1) is 18.9. The number of nitrogens with one attached hydrogen (secondary N) is 2. The summed E-state index contributed by atoms with van der Waals surface area (Å²) < 4.78 is 0. The molecule has 1 amide bonds. The number of aliphatic carboxylic acids is 1. The summed E-state index contributed by atoms with van der Waals surface area (Å²) in [5.41, 5.74) is 3.42. The molecule has 2 aromatic carbocycles. The Kier molecular flexibility index (Phi) is 9.91. The molecule has 0 radical (unpaired) electrons. The van der Waals surface area contributed by atoms with Gasteiger partial charge >= 0.3 is 5.97 Å². The smallest absolute Gasteiger partial charge is 0.308 e. The van der Waals surface area contributed by atoms with E-state index in [2.05, 4.69) is 44.9 Å². The topological polar surface area (TPSA) is 107 Å². The van der Waals surface area contributed by atoms with Crippen LogP contribution in [0.5, 0.6) is 0 Å². The van der Waals surface area contributed by atoms with Gasteiger partial charge in [0.1, 0.15) is 16.8 Å². The minimum absolute atomic E-state index is 0.0506. The first-order valence-corrected chi connectivity index (χ1v) is 13.6. The summed E-state index contributed by atoms with van der Waals surface area (Å²) >= 11 is 6.45. The molecule has 1 aromatic heterocycles. The molecule has 1 fully saturated rings. The molecule has 1 heterocycles. The highest BCUT2D eigenvalue weighted by molar-refractivity contribution is 6.30. The maximum absolute atomic E-state index is 12.6. The third kappa shape index (κ3) is 8.55. The third-order valence-corrected chi connectivity index (χ3v) is 6.93. The van der Waals surface area contributed by atoms with Gasteiger partial charge in [-0.25, -0.2) is 9.97 Å². The molecule has 1 aliphatic rings. The Morgan fingerprint density at radius 2 is 1.79 bits per heavy atom. The number of hydrogen-bond donors (Lipinski definition) is 3. The van der Waals surface area contributed by atoms with Crippen molar-refractivity contribution in [3.8, 4) is 0 Å². The number of hydrogen-bond acceptors (Lipinski definition) is 6. The quantitative estimate of drug-likeness (QED) is 0.275. The van der Waals surface area contributed by atoms with Crippen molar-refractivity contribution in [2.24, 2.45) is 0 Å². The van der Waals surface area contributed by atoms with Crippen LogP contribution in [0.2, 0.25) is 5.15 Å². The van der Waals surface area contributed by atoms with Gasteiger partial charge in [-0.05, 0) is 36.1 Å². The number of carbonyl (C=O) groups is 2. The molecule has 9 heteroatoms. The van der Waals surface area contributed by atoms with Gasteiger partial charge in [-0.3, -0.25) is 9.59 Å². The SMILES string of the molecule is CN(CC(=O)NC1CCCC1)c1nc(Cc2ccc(NCC=Cc3ccccc3)cc2)nc(Cl)c1CC(=O)O. The second-order valence-corrected chi connectivity index (χ2v) is 10.1. The molecule has 8 nitrogen and oxygen atoms in total. The van der Waals surface area contributed by atoms with Crippen LogP contribution < -0.4 is 15.5 Å². The lowest BCUT2D eigenvalue weighted by Crippen LogP contribution is -2.40. The van der Waals surface area contributed by atoms with Crippen LogP contribution in [0.25, 0.3) is 6.08 Å². The lowest BCUT2D eigenvalue weighted by atomic mass is 10.1. The van der Waals surface area contributed by atoms with Gasteiger partial charge in [-0.15, -0.1) is 0 Å². The van der Waals surface area contributed by atoms with E-state index in [4.69, 9.17) is 11.6 Å². The number of likely N-dealkylation sites (N-methyl/N-ethyl adjacent to an activating group) is 1. The Bertz CT molecular complexity index is 1290. The predicted molar refractivity (Wildman–Crippen MR) is 155 cm³/mol. The summed E-state index contributed by atoms with van der Waals surface area (Å²) in [6, 6.07) is 18.3. The molecule has 0 saturated heterocycles. The summed E-state index contributed by atoms with van der Waals surface area (Å²) in [6.45, 7) is 0.747. The van der Waals surface area contributed by atoms with E-state index < -0.39 is 5.97 Å². The highest BCUT2D eigenvalue weighted by Crippen LogP contribution is 2.26. The lowest BCUT2D eigenvalue weighted by Gasteiger charge is -2.22. The average Bonchev–Trinajstić information content (AvgIpc) is 3.42. The van der Waals surface area contributed by atoms with Crippen LogP contribution in [0.3, 0.4) is 0 Å². The largest absolute Gasteiger partial charge is 0.481 e. The maximum atomic E-state index is 12.6. The molecule has 3 N–H and O–H groups in total. The van der Waals surface area contributed by atoms with Gasteiger partial charge in [-0.2, -0.15) is 0 Å². The van der Waals surface area contributed by atoms with E-state index in [0.29, 0.717) is 30.2 Å².